The number of methoxy groups -OCH3 is 12. The molecule has 132 heavy (non-hydrogen) atoms. The van der Waals surface area contributed by atoms with E-state index in [1.807, 2.05) is 291 Å². The van der Waals surface area contributed by atoms with Crippen LogP contribution in [0.3, 0.4) is 0 Å². The topological polar surface area (TPSA) is 361 Å². The maximum atomic E-state index is 8.40. The van der Waals surface area contributed by atoms with Crippen LogP contribution in [0.1, 0.15) is 0 Å². The van der Waals surface area contributed by atoms with Crippen molar-refractivity contribution >= 4 is 68.2 Å². The van der Waals surface area contributed by atoms with Gasteiger partial charge in [0.1, 0.15) is 69.0 Å². The Morgan fingerprint density at radius 2 is 0.242 bits per heavy atom. The summed E-state index contributed by atoms with van der Waals surface area (Å²) in [6, 6.07) is 90.9. The van der Waals surface area contributed by atoms with Gasteiger partial charge in [0.15, 0.2) is 12.6 Å². The van der Waals surface area contributed by atoms with Crippen LogP contribution < -0.4 is 56.8 Å². The molecule has 0 spiro atoms. The third kappa shape index (κ3) is 50.0. The summed E-state index contributed by atoms with van der Waals surface area (Å²) in [5, 5.41) is 86.0. The van der Waals surface area contributed by atoms with Crippen molar-refractivity contribution in [1.82, 2.24) is 0 Å². The van der Waals surface area contributed by atoms with Crippen LogP contribution in [0.5, 0.6) is 69.0 Å². The molecule has 4 radical (unpaired) electrons. The first kappa shape index (κ1) is 115. The van der Waals surface area contributed by atoms with E-state index < -0.39 is 12.6 Å². The maximum absolute atomic E-state index is 8.40. The molecule has 12 aromatic carbocycles. The second-order valence-corrected chi connectivity index (χ2v) is 25.5. The fraction of sp³-hybridized carbons (Fsp3) is 0.200. The molecule has 0 aliphatic carbocycles. The normalized spacial score (nSPS) is 9.92. The van der Waals surface area contributed by atoms with Crippen LogP contribution in [-0.4, -0.2) is 158 Å². The van der Waals surface area contributed by atoms with Gasteiger partial charge in [0.2, 0.25) is 0 Å². The minimum absolute atomic E-state index is 0. The monoisotopic (exact) mass is 2130 g/mol. The van der Waals surface area contributed by atoms with Crippen molar-refractivity contribution in [3.63, 3.8) is 0 Å². The average molecular weight is 2120 g/mol. The summed E-state index contributed by atoms with van der Waals surface area (Å²) < 4.78 is 61.1. The minimum Gasteiger partial charge on any atom is -0.699 e. The van der Waals surface area contributed by atoms with Crippen LogP contribution in [-0.2, 0) is 84.3 Å². The standard InChI is InChI=1S/6C15H16N2O2.C10H14O4.4Mo/c6*1-18-14-7-3-12(4-8-14)16-11-17-13-5-9-15(19-2)10-6-13;11-9(12)7-5-3-1-2-4-6-8-10(13)14;;;;/h6*3-10H,11H2,1-2H3;1-14H;;;;/q6*-2;;4*+3. The quantitative estimate of drug-likeness (QED) is 0.0157. The summed E-state index contributed by atoms with van der Waals surface area (Å²) in [6.07, 6.45) is 9.05. The summed E-state index contributed by atoms with van der Waals surface area (Å²) >= 11 is 0. The van der Waals surface area contributed by atoms with Crippen molar-refractivity contribution in [2.24, 2.45) is 0 Å². The summed E-state index contributed by atoms with van der Waals surface area (Å²) in [7, 11) is 19.7. The van der Waals surface area contributed by atoms with Gasteiger partial charge in [0, 0.05) is 0 Å². The molecule has 0 aromatic heterocycles. The van der Waals surface area contributed by atoms with Crippen LogP contribution in [0, 0.1) is 0 Å². The molecule has 32 heteroatoms. The van der Waals surface area contributed by atoms with Gasteiger partial charge in [0.25, 0.3) is 0 Å². The smallest absolute Gasteiger partial charge is 0.699 e. The minimum atomic E-state index is -1.44. The SMILES string of the molecule is COc1ccc([N-]C[N-]c2ccc(OC)cc2)cc1.COc1ccc([N-]C[N-]c2ccc(OC)cc2)cc1.COc1ccc([N-]C[N-]c2ccc(OC)cc2)cc1.COc1ccc([N-]C[N-]c2ccc(OC)cc2)cc1.COc1ccc([N-]C[N-]c2ccc(OC)cc2)cc1.COc1ccc([N-]C[N-]c2ccc(OC)cc2)cc1.OC(O)C=CC=CC=CC=CC(O)O.[Mo+3].[Mo+3].[Mo+3].[Mo+3]. The molecule has 0 bridgehead atoms. The Morgan fingerprint density at radius 3 is 0.318 bits per heavy atom. The molecule has 0 unspecified atom stereocenters. The number of ether oxygens (including phenoxy) is 12. The van der Waals surface area contributed by atoms with E-state index in [9.17, 15) is 0 Å². The van der Waals surface area contributed by atoms with Crippen LogP contribution in [0.25, 0.3) is 63.8 Å². The molecule has 0 aliphatic heterocycles. The summed E-state index contributed by atoms with van der Waals surface area (Å²) in [5.74, 6) is 9.90. The number of hydrogen-bond donors (Lipinski definition) is 4. The van der Waals surface area contributed by atoms with Crippen LogP contribution >= 0.6 is 0 Å². The molecule has 12 rings (SSSR count). The van der Waals surface area contributed by atoms with Crippen molar-refractivity contribution in [1.29, 1.82) is 0 Å². The second kappa shape index (κ2) is 71.2. The number of aliphatic hydroxyl groups excluding tert-OH is 2. The van der Waals surface area contributed by atoms with Gasteiger partial charge in [-0.2, -0.15) is 0 Å². The van der Waals surface area contributed by atoms with Crippen LogP contribution in [0.15, 0.2) is 340 Å². The molecule has 0 heterocycles. The number of nitrogens with zero attached hydrogens (tertiary/aromatic N) is 12. The Hall–Kier alpha value is -12.6. The molecule has 690 valence electrons. The fourth-order valence-corrected chi connectivity index (χ4v) is 10.0. The van der Waals surface area contributed by atoms with Crippen LogP contribution in [0.2, 0.25) is 0 Å². The zero-order valence-electron chi connectivity index (χ0n) is 75.4. The van der Waals surface area contributed by atoms with E-state index >= 15 is 0 Å². The Bertz CT molecular complexity index is 3930. The number of aliphatic hydroxyl groups is 4. The molecule has 0 atom stereocenters. The second-order valence-electron chi connectivity index (χ2n) is 25.5. The van der Waals surface area contributed by atoms with E-state index in [0.29, 0.717) is 40.0 Å². The molecule has 0 fully saturated rings. The molecule has 4 N–H and O–H groups in total. The Labute approximate surface area is 833 Å². The summed E-state index contributed by atoms with van der Waals surface area (Å²) in [6.45, 7) is 2.41. The maximum Gasteiger partial charge on any atom is 3.00 e. The van der Waals surface area contributed by atoms with E-state index in [0.717, 1.165) is 137 Å². The first-order valence-electron chi connectivity index (χ1n) is 39.7. The van der Waals surface area contributed by atoms with E-state index in [-0.39, 0.29) is 84.3 Å². The van der Waals surface area contributed by atoms with Gasteiger partial charge in [-0.1, -0.05) is 182 Å². The molecule has 12 aromatic rings. The third-order valence-electron chi connectivity index (χ3n) is 17.0. The summed E-state index contributed by atoms with van der Waals surface area (Å²) in [5.41, 5.74) is 10.6. The molecule has 0 saturated heterocycles. The largest absolute Gasteiger partial charge is 3.00 e. The van der Waals surface area contributed by atoms with Gasteiger partial charge in [-0.3, -0.25) is 0 Å². The van der Waals surface area contributed by atoms with Gasteiger partial charge in [0.05, 0.1) is 85.3 Å². The predicted molar refractivity (Wildman–Crippen MR) is 514 cm³/mol. The van der Waals surface area contributed by atoms with Crippen molar-refractivity contribution in [2.45, 2.75) is 12.6 Å². The Balaban J connectivity index is 0.000000520. The van der Waals surface area contributed by atoms with E-state index in [4.69, 9.17) is 77.3 Å². The van der Waals surface area contributed by atoms with E-state index in [1.165, 1.54) is 24.3 Å². The first-order valence-corrected chi connectivity index (χ1v) is 39.7. The average Bonchev–Trinajstić information content (AvgIpc) is 0.906. The molecular formula is C100H110Mo4N12O16. The number of hydrogen-bond acceptors (Lipinski definition) is 16. The number of benzene rings is 12. The first-order chi connectivity index (χ1) is 62.5. The molecule has 0 amide bonds. The zero-order chi connectivity index (χ0) is 91.8. The van der Waals surface area contributed by atoms with Gasteiger partial charge < -0.3 is 141 Å². The van der Waals surface area contributed by atoms with Crippen molar-refractivity contribution in [3.8, 4) is 69.0 Å². The zero-order valence-corrected chi connectivity index (χ0v) is 83.4. The van der Waals surface area contributed by atoms with Crippen molar-refractivity contribution in [2.75, 3.05) is 125 Å². The molecule has 28 nitrogen and oxygen atoms in total. The molecule has 0 aliphatic rings. The third-order valence-corrected chi connectivity index (χ3v) is 17.0. The molecule has 0 saturated carbocycles. The van der Waals surface area contributed by atoms with Gasteiger partial charge in [-0.25, -0.2) is 40.0 Å². The Kier molecular flexibility index (Phi) is 62.3. The van der Waals surface area contributed by atoms with Gasteiger partial charge in [-0.05, 0) is 158 Å². The summed E-state index contributed by atoms with van der Waals surface area (Å²) in [4.78, 5) is 0. The van der Waals surface area contributed by atoms with Crippen molar-refractivity contribution < 1.29 is 162 Å². The molecular weight excluding hydrogens is 2010 g/mol. The number of allylic oxidation sites excluding steroid dienone is 6. The predicted octanol–water partition coefficient (Wildman–Crippen LogP) is 26.1. The van der Waals surface area contributed by atoms with E-state index in [1.54, 1.807) is 110 Å². The van der Waals surface area contributed by atoms with Gasteiger partial charge >= 0.3 is 84.3 Å². The number of rotatable bonds is 41. The fourth-order valence-electron chi connectivity index (χ4n) is 10.0. The Morgan fingerprint density at radius 1 is 0.159 bits per heavy atom. The van der Waals surface area contributed by atoms with E-state index in [2.05, 4.69) is 63.8 Å². The van der Waals surface area contributed by atoms with Crippen molar-refractivity contribution in [3.05, 3.63) is 404 Å². The van der Waals surface area contributed by atoms with Gasteiger partial charge in [-0.15, -0.1) is 68.2 Å². The van der Waals surface area contributed by atoms with Crippen LogP contribution in [0.4, 0.5) is 68.2 Å².